The minimum absolute atomic E-state index is 0.0124. The molecule has 4 nitrogen and oxygen atoms in total. The van der Waals surface area contributed by atoms with Crippen LogP contribution >= 0.6 is 0 Å². The van der Waals surface area contributed by atoms with Crippen LogP contribution in [0.1, 0.15) is 56.0 Å². The zero-order valence-electron chi connectivity index (χ0n) is 10.8. The van der Waals surface area contributed by atoms with Gasteiger partial charge < -0.3 is 9.52 Å². The fourth-order valence-corrected chi connectivity index (χ4v) is 1.86. The molecule has 0 radical (unpaired) electrons. The summed E-state index contributed by atoms with van der Waals surface area (Å²) >= 11 is 0. The van der Waals surface area contributed by atoms with Gasteiger partial charge >= 0.3 is 5.97 Å². The Balaban J connectivity index is 2.71. The summed E-state index contributed by atoms with van der Waals surface area (Å²) in [4.78, 5) is 13.0. The second-order valence-electron chi connectivity index (χ2n) is 4.17. The number of unbranched alkanes of at least 4 members (excludes halogenated alkanes) is 1. The quantitative estimate of drug-likeness (QED) is 0.794. The highest BCUT2D eigenvalue weighted by molar-refractivity contribution is 5.84. The smallest absolute Gasteiger partial charge is 0.371 e. The molecule has 0 bridgehead atoms. The molecule has 0 saturated heterocycles. The van der Waals surface area contributed by atoms with E-state index in [0.29, 0.717) is 0 Å². The van der Waals surface area contributed by atoms with Crippen LogP contribution < -0.4 is 0 Å². The molecule has 1 rings (SSSR count). The molecule has 4 heteroatoms. The van der Waals surface area contributed by atoms with Crippen molar-refractivity contribution >= 4 is 5.97 Å². The zero-order chi connectivity index (χ0) is 12.8. The number of aromatic carboxylic acids is 1. The van der Waals surface area contributed by atoms with Gasteiger partial charge in [0.2, 0.25) is 5.76 Å². The maximum atomic E-state index is 10.7. The first-order valence-corrected chi connectivity index (χ1v) is 6.17. The van der Waals surface area contributed by atoms with Crippen molar-refractivity contribution in [1.29, 1.82) is 0 Å². The van der Waals surface area contributed by atoms with Crippen molar-refractivity contribution in [2.75, 3.05) is 13.1 Å². The van der Waals surface area contributed by atoms with Crippen molar-refractivity contribution in [2.45, 2.75) is 39.7 Å². The molecule has 0 saturated carbocycles. The van der Waals surface area contributed by atoms with E-state index in [1.807, 2.05) is 6.92 Å². The van der Waals surface area contributed by atoms with Crippen LogP contribution in [0.3, 0.4) is 0 Å². The summed E-state index contributed by atoms with van der Waals surface area (Å²) in [5, 5.41) is 8.81. The topological polar surface area (TPSA) is 53.7 Å². The van der Waals surface area contributed by atoms with E-state index in [-0.39, 0.29) is 11.8 Å². The summed E-state index contributed by atoms with van der Waals surface area (Å²) in [6.07, 6.45) is 2.30. The number of rotatable bonds is 7. The Labute approximate surface area is 102 Å². The van der Waals surface area contributed by atoms with Crippen LogP contribution in [0.5, 0.6) is 0 Å². The SMILES string of the molecule is CCCCN(CC)C(C)c1ccc(C(=O)O)o1. The monoisotopic (exact) mass is 239 g/mol. The zero-order valence-corrected chi connectivity index (χ0v) is 10.8. The highest BCUT2D eigenvalue weighted by atomic mass is 16.4. The summed E-state index contributed by atoms with van der Waals surface area (Å²) in [5.41, 5.74) is 0. The number of carboxylic acids is 1. The Kier molecular flexibility index (Phi) is 5.22. The lowest BCUT2D eigenvalue weighted by Crippen LogP contribution is -2.27. The largest absolute Gasteiger partial charge is 0.475 e. The van der Waals surface area contributed by atoms with Gasteiger partial charge in [0.25, 0.3) is 0 Å². The van der Waals surface area contributed by atoms with E-state index >= 15 is 0 Å². The predicted molar refractivity (Wildman–Crippen MR) is 66.2 cm³/mol. The molecule has 17 heavy (non-hydrogen) atoms. The Hall–Kier alpha value is -1.29. The third-order valence-electron chi connectivity index (χ3n) is 3.00. The maximum absolute atomic E-state index is 10.7. The Morgan fingerprint density at radius 1 is 1.47 bits per heavy atom. The number of furan rings is 1. The third kappa shape index (κ3) is 3.60. The summed E-state index contributed by atoms with van der Waals surface area (Å²) in [5.74, 6) is -0.279. The number of hydrogen-bond donors (Lipinski definition) is 1. The molecule has 0 spiro atoms. The Morgan fingerprint density at radius 3 is 2.65 bits per heavy atom. The molecule has 1 N–H and O–H groups in total. The highest BCUT2D eigenvalue weighted by Gasteiger charge is 2.18. The second kappa shape index (κ2) is 6.45. The fraction of sp³-hybridized carbons (Fsp3) is 0.615. The second-order valence-corrected chi connectivity index (χ2v) is 4.17. The van der Waals surface area contributed by atoms with Crippen molar-refractivity contribution in [1.82, 2.24) is 4.90 Å². The van der Waals surface area contributed by atoms with Crippen LogP contribution in [0.2, 0.25) is 0 Å². The predicted octanol–water partition coefficient (Wildman–Crippen LogP) is 3.16. The van der Waals surface area contributed by atoms with Crippen molar-refractivity contribution in [2.24, 2.45) is 0 Å². The minimum atomic E-state index is -1.01. The lowest BCUT2D eigenvalue weighted by atomic mass is 10.2. The molecule has 1 heterocycles. The fourth-order valence-electron chi connectivity index (χ4n) is 1.86. The van der Waals surface area contributed by atoms with Gasteiger partial charge in [0.05, 0.1) is 6.04 Å². The lowest BCUT2D eigenvalue weighted by Gasteiger charge is -2.26. The average Bonchev–Trinajstić information content (AvgIpc) is 2.79. The molecule has 1 aromatic heterocycles. The van der Waals surface area contributed by atoms with Gasteiger partial charge in [-0.1, -0.05) is 20.3 Å². The molecule has 0 fully saturated rings. The van der Waals surface area contributed by atoms with Gasteiger partial charge in [-0.3, -0.25) is 4.90 Å². The molecule has 1 atom stereocenters. The third-order valence-corrected chi connectivity index (χ3v) is 3.00. The van der Waals surface area contributed by atoms with Crippen LogP contribution in [0, 0.1) is 0 Å². The molecular formula is C13H21NO3. The average molecular weight is 239 g/mol. The van der Waals surface area contributed by atoms with Crippen LogP contribution in [0.25, 0.3) is 0 Å². The van der Waals surface area contributed by atoms with E-state index < -0.39 is 5.97 Å². The number of hydrogen-bond acceptors (Lipinski definition) is 3. The molecule has 0 aliphatic carbocycles. The Bertz CT molecular complexity index is 359. The summed E-state index contributed by atoms with van der Waals surface area (Å²) in [6, 6.07) is 3.39. The molecule has 0 aliphatic rings. The van der Waals surface area contributed by atoms with Gasteiger partial charge in [0.1, 0.15) is 5.76 Å². The van der Waals surface area contributed by atoms with E-state index in [1.54, 1.807) is 6.07 Å². The number of nitrogens with zero attached hydrogens (tertiary/aromatic N) is 1. The minimum Gasteiger partial charge on any atom is -0.475 e. The van der Waals surface area contributed by atoms with E-state index in [0.717, 1.165) is 31.7 Å². The number of carbonyl (C=O) groups is 1. The first kappa shape index (κ1) is 13.8. The highest BCUT2D eigenvalue weighted by Crippen LogP contribution is 2.22. The van der Waals surface area contributed by atoms with Crippen molar-refractivity contribution < 1.29 is 14.3 Å². The van der Waals surface area contributed by atoms with E-state index in [4.69, 9.17) is 9.52 Å². The van der Waals surface area contributed by atoms with E-state index in [2.05, 4.69) is 18.7 Å². The van der Waals surface area contributed by atoms with Crippen LogP contribution in [-0.4, -0.2) is 29.1 Å². The maximum Gasteiger partial charge on any atom is 0.371 e. The first-order chi connectivity index (χ1) is 8.10. The van der Waals surface area contributed by atoms with E-state index in [9.17, 15) is 4.79 Å². The lowest BCUT2D eigenvalue weighted by molar-refractivity contribution is 0.0656. The van der Waals surface area contributed by atoms with Gasteiger partial charge in [0.15, 0.2) is 0 Å². The van der Waals surface area contributed by atoms with Gasteiger partial charge in [0, 0.05) is 0 Å². The first-order valence-electron chi connectivity index (χ1n) is 6.17. The summed E-state index contributed by atoms with van der Waals surface area (Å²) < 4.78 is 5.33. The summed E-state index contributed by atoms with van der Waals surface area (Å²) in [6.45, 7) is 8.26. The molecule has 0 amide bonds. The van der Waals surface area contributed by atoms with Crippen molar-refractivity contribution in [3.63, 3.8) is 0 Å². The Morgan fingerprint density at radius 2 is 2.18 bits per heavy atom. The molecule has 0 aromatic carbocycles. The molecule has 0 aliphatic heterocycles. The van der Waals surface area contributed by atoms with Crippen LogP contribution in [-0.2, 0) is 0 Å². The number of carboxylic acid groups (broad SMARTS) is 1. The molecule has 1 unspecified atom stereocenters. The van der Waals surface area contributed by atoms with Gasteiger partial charge in [-0.25, -0.2) is 4.79 Å². The standard InChI is InChI=1S/C13H21NO3/c1-4-6-9-14(5-2)10(3)11-7-8-12(17-11)13(15)16/h7-8,10H,4-6,9H2,1-3H3,(H,15,16). The van der Waals surface area contributed by atoms with Gasteiger partial charge in [-0.15, -0.1) is 0 Å². The molecular weight excluding hydrogens is 218 g/mol. The molecule has 1 aromatic rings. The summed E-state index contributed by atoms with van der Waals surface area (Å²) in [7, 11) is 0. The van der Waals surface area contributed by atoms with Crippen LogP contribution in [0.15, 0.2) is 16.5 Å². The van der Waals surface area contributed by atoms with E-state index in [1.165, 1.54) is 6.07 Å². The molecule has 96 valence electrons. The van der Waals surface area contributed by atoms with Crippen molar-refractivity contribution in [3.8, 4) is 0 Å². The van der Waals surface area contributed by atoms with Crippen LogP contribution in [0.4, 0.5) is 0 Å². The van der Waals surface area contributed by atoms with Gasteiger partial charge in [-0.05, 0) is 38.6 Å². The normalized spacial score (nSPS) is 12.9. The van der Waals surface area contributed by atoms with Crippen molar-refractivity contribution in [3.05, 3.63) is 23.7 Å². The van der Waals surface area contributed by atoms with Gasteiger partial charge in [-0.2, -0.15) is 0 Å².